The number of aromatic nitrogens is 1. The Morgan fingerprint density at radius 3 is 2.11 bits per heavy atom. The Bertz CT molecular complexity index is 1420. The first-order valence-electron chi connectivity index (χ1n) is 11.4. The van der Waals surface area contributed by atoms with Crippen molar-refractivity contribution in [2.75, 3.05) is 12.4 Å². The highest BCUT2D eigenvalue weighted by molar-refractivity contribution is 6.14. The number of esters is 1. The molecule has 0 saturated carbocycles. The van der Waals surface area contributed by atoms with E-state index in [-0.39, 0.29) is 23.0 Å². The lowest BCUT2D eigenvalue weighted by molar-refractivity contribution is 0.0602. The van der Waals surface area contributed by atoms with Crippen LogP contribution in [0, 0.1) is 5.82 Å². The summed E-state index contributed by atoms with van der Waals surface area (Å²) >= 11 is 0. The number of hydrogen-bond donors (Lipinski definition) is 1. The molecule has 0 aliphatic rings. The third-order valence-electron chi connectivity index (χ3n) is 5.86. The highest BCUT2D eigenvalue weighted by atomic mass is 19.1. The summed E-state index contributed by atoms with van der Waals surface area (Å²) in [4.78, 5) is 38.6. The van der Waals surface area contributed by atoms with Gasteiger partial charge in [0.15, 0.2) is 6.29 Å². The Labute approximate surface area is 208 Å². The van der Waals surface area contributed by atoms with Crippen LogP contribution >= 0.6 is 0 Å². The van der Waals surface area contributed by atoms with Gasteiger partial charge in [0.1, 0.15) is 11.5 Å². The Kier molecular flexibility index (Phi) is 7.10. The smallest absolute Gasteiger partial charge is 0.339 e. The number of nitrogens with zero attached hydrogens (tertiary/aromatic N) is 1. The quantitative estimate of drug-likeness (QED) is 0.243. The van der Waals surface area contributed by atoms with Crippen molar-refractivity contribution < 1.29 is 23.5 Å². The van der Waals surface area contributed by atoms with Crippen LogP contribution in [0.2, 0.25) is 0 Å². The summed E-state index contributed by atoms with van der Waals surface area (Å²) in [6.45, 7) is 3.74. The molecule has 1 aromatic heterocycles. The molecule has 0 aliphatic carbocycles. The van der Waals surface area contributed by atoms with Gasteiger partial charge in [0, 0.05) is 17.2 Å². The minimum atomic E-state index is -0.589. The Morgan fingerprint density at radius 1 is 0.889 bits per heavy atom. The van der Waals surface area contributed by atoms with Gasteiger partial charge in [-0.1, -0.05) is 54.6 Å². The van der Waals surface area contributed by atoms with Crippen molar-refractivity contribution in [3.8, 4) is 22.3 Å². The van der Waals surface area contributed by atoms with E-state index in [1.165, 1.54) is 19.2 Å². The minimum absolute atomic E-state index is 0.201. The van der Waals surface area contributed by atoms with Crippen LogP contribution in [-0.2, 0) is 4.74 Å². The van der Waals surface area contributed by atoms with Crippen LogP contribution in [0.3, 0.4) is 0 Å². The monoisotopic (exact) mass is 484 g/mol. The fourth-order valence-corrected chi connectivity index (χ4v) is 4.34. The summed E-state index contributed by atoms with van der Waals surface area (Å²) in [7, 11) is 1.27. The number of rotatable bonds is 7. The molecule has 1 N–H and O–H groups in total. The molecule has 1 amide bonds. The first-order valence-corrected chi connectivity index (χ1v) is 11.4. The van der Waals surface area contributed by atoms with Crippen LogP contribution in [-0.4, -0.2) is 29.8 Å². The normalized spacial score (nSPS) is 10.8. The average molecular weight is 485 g/mol. The molecule has 1 heterocycles. The zero-order chi connectivity index (χ0) is 25.8. The summed E-state index contributed by atoms with van der Waals surface area (Å²) < 4.78 is 20.3. The van der Waals surface area contributed by atoms with E-state index in [9.17, 15) is 18.8 Å². The van der Waals surface area contributed by atoms with Gasteiger partial charge in [-0.15, -0.1) is 0 Å². The third-order valence-corrected chi connectivity index (χ3v) is 5.86. The topological polar surface area (TPSA) is 77.4 Å². The molecule has 0 fully saturated rings. The second-order valence-corrected chi connectivity index (χ2v) is 8.43. The van der Waals surface area contributed by atoms with Gasteiger partial charge >= 0.3 is 5.97 Å². The van der Waals surface area contributed by atoms with Gasteiger partial charge in [-0.25, -0.2) is 9.18 Å². The molecule has 182 valence electrons. The van der Waals surface area contributed by atoms with Crippen molar-refractivity contribution in [2.45, 2.75) is 19.9 Å². The maximum absolute atomic E-state index is 13.9. The van der Waals surface area contributed by atoms with Gasteiger partial charge in [-0.05, 0) is 49.2 Å². The molecule has 0 bridgehead atoms. The lowest BCUT2D eigenvalue weighted by Gasteiger charge is -2.17. The van der Waals surface area contributed by atoms with Gasteiger partial charge in [-0.2, -0.15) is 0 Å². The van der Waals surface area contributed by atoms with Gasteiger partial charge in [0.25, 0.3) is 5.91 Å². The number of nitrogens with one attached hydrogen (secondary N) is 1. The van der Waals surface area contributed by atoms with Crippen molar-refractivity contribution >= 4 is 23.9 Å². The fraction of sp³-hybridized carbons (Fsp3) is 0.138. The second kappa shape index (κ2) is 10.4. The lowest BCUT2D eigenvalue weighted by Crippen LogP contribution is -2.21. The van der Waals surface area contributed by atoms with E-state index in [4.69, 9.17) is 4.74 Å². The summed E-state index contributed by atoms with van der Waals surface area (Å²) in [6, 6.07) is 21.3. The lowest BCUT2D eigenvalue weighted by atomic mass is 9.94. The fourth-order valence-electron chi connectivity index (χ4n) is 4.34. The van der Waals surface area contributed by atoms with E-state index < -0.39 is 17.7 Å². The molecule has 36 heavy (non-hydrogen) atoms. The molecule has 0 unspecified atom stereocenters. The first-order chi connectivity index (χ1) is 17.4. The number of methoxy groups -OCH3 is 1. The number of amides is 1. The first kappa shape index (κ1) is 24.6. The number of halogens is 1. The summed E-state index contributed by atoms with van der Waals surface area (Å²) in [6.07, 6.45) is 0.713. The maximum Gasteiger partial charge on any atom is 0.339 e. The minimum Gasteiger partial charge on any atom is -0.465 e. The predicted octanol–water partition coefficient (Wildman–Crippen LogP) is 6.39. The molecule has 0 saturated heterocycles. The molecule has 4 rings (SSSR count). The average Bonchev–Trinajstić information content (AvgIpc) is 3.25. The third kappa shape index (κ3) is 4.55. The standard InChI is InChI=1S/C29H25FN2O4/c1-18(2)32-24(17-33)25(20-13-15-21(30)16-14-20)26(19-9-5-4-6-10-19)27(32)28(34)31-23-12-8-7-11-22(23)29(35)36-3/h4-18H,1-3H3,(H,31,34). The van der Waals surface area contributed by atoms with E-state index >= 15 is 0 Å². The van der Waals surface area contributed by atoms with Crippen LogP contribution in [0.25, 0.3) is 22.3 Å². The molecule has 7 heteroatoms. The van der Waals surface area contributed by atoms with Crippen LogP contribution in [0.4, 0.5) is 10.1 Å². The largest absolute Gasteiger partial charge is 0.465 e. The number of carbonyl (C=O) groups is 3. The molecular weight excluding hydrogens is 459 g/mol. The van der Waals surface area contributed by atoms with E-state index in [1.54, 1.807) is 41.0 Å². The van der Waals surface area contributed by atoms with Crippen LogP contribution < -0.4 is 5.32 Å². The number of aldehydes is 1. The molecule has 0 spiro atoms. The van der Waals surface area contributed by atoms with E-state index in [1.807, 2.05) is 44.2 Å². The summed E-state index contributed by atoms with van der Waals surface area (Å²) in [5, 5.41) is 2.84. The van der Waals surface area contributed by atoms with E-state index in [0.29, 0.717) is 34.2 Å². The summed E-state index contributed by atoms with van der Waals surface area (Å²) in [5.74, 6) is -1.50. The number of ether oxygens (including phenoxy) is 1. The Morgan fingerprint density at radius 2 is 1.50 bits per heavy atom. The zero-order valence-corrected chi connectivity index (χ0v) is 20.1. The van der Waals surface area contributed by atoms with Gasteiger partial charge < -0.3 is 14.6 Å². The van der Waals surface area contributed by atoms with Gasteiger partial charge in [-0.3, -0.25) is 9.59 Å². The van der Waals surface area contributed by atoms with Crippen LogP contribution in [0.5, 0.6) is 0 Å². The Balaban J connectivity index is 2.01. The molecule has 0 aliphatic heterocycles. The Hall–Kier alpha value is -4.52. The zero-order valence-electron chi connectivity index (χ0n) is 20.1. The number of anilines is 1. The molecule has 0 atom stereocenters. The summed E-state index contributed by atoms with van der Waals surface area (Å²) in [5.41, 5.74) is 3.39. The number of carbonyl (C=O) groups excluding carboxylic acids is 3. The van der Waals surface area contributed by atoms with E-state index in [0.717, 1.165) is 0 Å². The molecular formula is C29H25FN2O4. The molecule has 4 aromatic rings. The van der Waals surface area contributed by atoms with Crippen molar-refractivity contribution in [1.29, 1.82) is 0 Å². The van der Waals surface area contributed by atoms with Crippen molar-refractivity contribution in [3.05, 3.63) is 102 Å². The highest BCUT2D eigenvalue weighted by Gasteiger charge is 2.30. The van der Waals surface area contributed by atoms with Gasteiger partial charge in [0.05, 0.1) is 24.1 Å². The van der Waals surface area contributed by atoms with Gasteiger partial charge in [0.2, 0.25) is 0 Å². The maximum atomic E-state index is 13.9. The number of benzene rings is 3. The van der Waals surface area contributed by atoms with E-state index in [2.05, 4.69) is 5.32 Å². The predicted molar refractivity (Wildman–Crippen MR) is 137 cm³/mol. The molecule has 0 radical (unpaired) electrons. The number of para-hydroxylation sites is 1. The van der Waals surface area contributed by atoms with Crippen LogP contribution in [0.15, 0.2) is 78.9 Å². The highest BCUT2D eigenvalue weighted by Crippen LogP contribution is 2.41. The molecule has 3 aromatic carbocycles. The SMILES string of the molecule is COC(=O)c1ccccc1NC(=O)c1c(-c2ccccc2)c(-c2ccc(F)cc2)c(C=O)n1C(C)C. The number of hydrogen-bond acceptors (Lipinski definition) is 4. The van der Waals surface area contributed by atoms with Crippen molar-refractivity contribution in [2.24, 2.45) is 0 Å². The van der Waals surface area contributed by atoms with Crippen molar-refractivity contribution in [1.82, 2.24) is 4.57 Å². The molecule has 6 nitrogen and oxygen atoms in total. The van der Waals surface area contributed by atoms with Crippen LogP contribution in [0.1, 0.15) is 51.2 Å². The van der Waals surface area contributed by atoms with Crippen molar-refractivity contribution in [3.63, 3.8) is 0 Å². The second-order valence-electron chi connectivity index (χ2n) is 8.43.